The zero-order chi connectivity index (χ0) is 7.91. The van der Waals surface area contributed by atoms with Crippen molar-refractivity contribution in [2.75, 3.05) is 0 Å². The van der Waals surface area contributed by atoms with Crippen LogP contribution in [0.4, 0.5) is 0 Å². The van der Waals surface area contributed by atoms with E-state index in [4.69, 9.17) is 24.4 Å². The average molecular weight is 149 g/mol. The zero-order valence-corrected chi connectivity index (χ0v) is 5.52. The molecule has 4 N–H and O–H groups in total. The molecule has 0 aromatic rings. The van der Waals surface area contributed by atoms with E-state index in [0.29, 0.717) is 0 Å². The van der Waals surface area contributed by atoms with Gasteiger partial charge in [-0.05, 0) is 0 Å². The van der Waals surface area contributed by atoms with E-state index >= 15 is 0 Å². The molecule has 0 radical (unpaired) electrons. The molecule has 0 amide bonds. The number of rotatable bonds is 0. The van der Waals surface area contributed by atoms with Gasteiger partial charge in [-0.1, -0.05) is 6.58 Å². The lowest BCUT2D eigenvalue weighted by Crippen LogP contribution is -2.33. The minimum absolute atomic E-state index is 1.18. The largest absolute Gasteiger partial charge is 0.668 e. The van der Waals surface area contributed by atoms with Crippen LogP contribution in [0.5, 0.6) is 0 Å². The molecule has 0 saturated carbocycles. The molecule has 0 heterocycles. The van der Waals surface area contributed by atoms with Crippen LogP contribution in [0.25, 0.3) is 0 Å². The first-order valence-electron chi connectivity index (χ1n) is 1.81. The molecule has 5 nitrogen and oxygen atoms in total. The third kappa shape index (κ3) is 2470. The molecular formula is C3H7NO4Si. The predicted molar refractivity (Wildman–Crippen MR) is 30.4 cm³/mol. The third-order valence-corrected chi connectivity index (χ3v) is 0.0913. The lowest BCUT2D eigenvalue weighted by Gasteiger charge is -1.91. The van der Waals surface area contributed by atoms with Crippen LogP contribution < -0.4 is 0 Å². The molecule has 0 unspecified atom stereocenters. The standard InChI is InChI=1S/C3H3N.H4O4Si/c1-2-3-4;1-5(2,3)4/h2H,1H2;1-4H. The van der Waals surface area contributed by atoms with E-state index < -0.39 is 9.05 Å². The summed E-state index contributed by atoms with van der Waals surface area (Å²) in [4.78, 5) is 29.3. The molecule has 0 fully saturated rings. The van der Waals surface area contributed by atoms with Crippen molar-refractivity contribution in [3.8, 4) is 6.07 Å². The molecule has 0 spiro atoms. The Labute approximate surface area is 53.2 Å². The molecule has 0 aromatic heterocycles. The van der Waals surface area contributed by atoms with Crippen molar-refractivity contribution in [3.05, 3.63) is 12.7 Å². The second-order valence-corrected chi connectivity index (χ2v) is 2.13. The van der Waals surface area contributed by atoms with Gasteiger partial charge in [-0.2, -0.15) is 5.26 Å². The van der Waals surface area contributed by atoms with Gasteiger partial charge in [0.2, 0.25) is 0 Å². The van der Waals surface area contributed by atoms with E-state index in [1.165, 1.54) is 6.08 Å². The van der Waals surface area contributed by atoms with Gasteiger partial charge in [0.25, 0.3) is 0 Å². The highest BCUT2D eigenvalue weighted by Crippen LogP contribution is 1.67. The fourth-order valence-corrected chi connectivity index (χ4v) is 0. The number of nitriles is 1. The van der Waals surface area contributed by atoms with Crippen molar-refractivity contribution in [2.45, 2.75) is 0 Å². The Balaban J connectivity index is 0. The second-order valence-electron chi connectivity index (χ2n) is 0.933. The molecule has 52 valence electrons. The fraction of sp³-hybridized carbons (Fsp3) is 0. The number of nitrogens with zero attached hydrogens (tertiary/aromatic N) is 1. The maximum atomic E-state index is 7.51. The highest BCUT2D eigenvalue weighted by atomic mass is 28.4. The SMILES string of the molecule is C=CC#N.O[Si](O)(O)O. The summed E-state index contributed by atoms with van der Waals surface area (Å²) in [6.07, 6.45) is 1.18. The molecule has 0 aromatic carbocycles. The van der Waals surface area contributed by atoms with Crippen molar-refractivity contribution in [1.82, 2.24) is 0 Å². The molecule has 0 aliphatic carbocycles. The first-order chi connectivity index (χ1) is 3.91. The summed E-state index contributed by atoms with van der Waals surface area (Å²) < 4.78 is 0. The molecule has 6 heteroatoms. The van der Waals surface area contributed by atoms with Crippen LogP contribution >= 0.6 is 0 Å². The topological polar surface area (TPSA) is 105 Å². The Hall–Kier alpha value is -0.713. The van der Waals surface area contributed by atoms with Gasteiger partial charge in [-0.25, -0.2) is 0 Å². The Morgan fingerprint density at radius 2 is 1.44 bits per heavy atom. The summed E-state index contributed by atoms with van der Waals surface area (Å²) in [5.74, 6) is 0. The lowest BCUT2D eigenvalue weighted by atomic mass is 10.8. The van der Waals surface area contributed by atoms with Crippen molar-refractivity contribution in [2.24, 2.45) is 0 Å². The summed E-state index contributed by atoms with van der Waals surface area (Å²) in [7, 11) is -4.61. The van der Waals surface area contributed by atoms with Crippen LogP contribution in [0.1, 0.15) is 0 Å². The smallest absolute Gasteiger partial charge is 0.368 e. The van der Waals surface area contributed by atoms with Crippen LogP contribution in [0.15, 0.2) is 12.7 Å². The van der Waals surface area contributed by atoms with Crippen LogP contribution in [-0.2, 0) is 0 Å². The first-order valence-corrected chi connectivity index (χ1v) is 3.60. The van der Waals surface area contributed by atoms with Gasteiger partial charge < -0.3 is 19.2 Å². The number of hydrogen-bond acceptors (Lipinski definition) is 5. The minimum atomic E-state index is -4.61. The van der Waals surface area contributed by atoms with E-state index in [2.05, 4.69) is 6.58 Å². The van der Waals surface area contributed by atoms with E-state index in [0.717, 1.165) is 0 Å². The van der Waals surface area contributed by atoms with Gasteiger partial charge in [-0.15, -0.1) is 0 Å². The van der Waals surface area contributed by atoms with Gasteiger partial charge in [0, 0.05) is 6.08 Å². The summed E-state index contributed by atoms with van der Waals surface area (Å²) in [5, 5.41) is 7.51. The van der Waals surface area contributed by atoms with Crippen LogP contribution in [-0.4, -0.2) is 28.2 Å². The highest BCUT2D eigenvalue weighted by Gasteiger charge is 2.22. The molecular weight excluding hydrogens is 142 g/mol. The van der Waals surface area contributed by atoms with E-state index in [-0.39, 0.29) is 0 Å². The third-order valence-electron chi connectivity index (χ3n) is 0.0913. The first kappa shape index (κ1) is 11.1. The van der Waals surface area contributed by atoms with Crippen molar-refractivity contribution in [1.29, 1.82) is 5.26 Å². The number of allylic oxidation sites excluding steroid dienone is 1. The maximum Gasteiger partial charge on any atom is 0.668 e. The summed E-state index contributed by atoms with van der Waals surface area (Å²) in [6.45, 7) is 3.12. The Morgan fingerprint density at radius 1 is 1.33 bits per heavy atom. The molecule has 0 bridgehead atoms. The van der Waals surface area contributed by atoms with Gasteiger partial charge in [0.05, 0.1) is 6.07 Å². The van der Waals surface area contributed by atoms with Crippen molar-refractivity contribution in [3.63, 3.8) is 0 Å². The van der Waals surface area contributed by atoms with Crippen LogP contribution in [0.2, 0.25) is 0 Å². The molecule has 9 heavy (non-hydrogen) atoms. The van der Waals surface area contributed by atoms with Crippen molar-refractivity contribution < 1.29 is 19.2 Å². The monoisotopic (exact) mass is 149 g/mol. The Kier molecular flexibility index (Phi) is 6.71. The summed E-state index contributed by atoms with van der Waals surface area (Å²) >= 11 is 0. The number of hydrogen-bond donors (Lipinski definition) is 4. The van der Waals surface area contributed by atoms with Gasteiger partial charge in [0.15, 0.2) is 0 Å². The van der Waals surface area contributed by atoms with Crippen molar-refractivity contribution >= 4 is 9.05 Å². The average Bonchev–Trinajstić information content (AvgIpc) is 1.61. The molecule has 0 rings (SSSR count). The molecule has 0 aliphatic heterocycles. The van der Waals surface area contributed by atoms with E-state index in [9.17, 15) is 0 Å². The predicted octanol–water partition coefficient (Wildman–Crippen LogP) is -1.91. The summed E-state index contributed by atoms with van der Waals surface area (Å²) in [6, 6.07) is 1.69. The normalized spacial score (nSPS) is 8.33. The quantitative estimate of drug-likeness (QED) is 0.237. The lowest BCUT2D eigenvalue weighted by molar-refractivity contribution is 0.117. The van der Waals surface area contributed by atoms with Crippen LogP contribution in [0.3, 0.4) is 0 Å². The van der Waals surface area contributed by atoms with E-state index in [1.54, 1.807) is 6.07 Å². The zero-order valence-electron chi connectivity index (χ0n) is 4.52. The fourth-order valence-electron chi connectivity index (χ4n) is 0. The van der Waals surface area contributed by atoms with Gasteiger partial charge >= 0.3 is 9.05 Å². The van der Waals surface area contributed by atoms with E-state index in [1.807, 2.05) is 0 Å². The second kappa shape index (κ2) is 5.42. The minimum Gasteiger partial charge on any atom is -0.368 e. The summed E-state index contributed by atoms with van der Waals surface area (Å²) in [5.41, 5.74) is 0. The molecule has 0 aliphatic rings. The van der Waals surface area contributed by atoms with Gasteiger partial charge in [0.1, 0.15) is 0 Å². The Morgan fingerprint density at radius 3 is 1.44 bits per heavy atom. The van der Waals surface area contributed by atoms with Gasteiger partial charge in [-0.3, -0.25) is 0 Å². The molecule has 0 saturated heterocycles. The molecule has 0 atom stereocenters. The van der Waals surface area contributed by atoms with Crippen LogP contribution in [0, 0.1) is 11.3 Å². The maximum absolute atomic E-state index is 7.51. The Bertz CT molecular complexity index is 106. The highest BCUT2D eigenvalue weighted by molar-refractivity contribution is 6.46.